The van der Waals surface area contributed by atoms with Crippen LogP contribution in [0.2, 0.25) is 0 Å². The van der Waals surface area contributed by atoms with Crippen molar-refractivity contribution in [2.75, 3.05) is 58.7 Å². The van der Waals surface area contributed by atoms with E-state index in [0.717, 1.165) is 6.54 Å². The molecule has 0 aromatic heterocycles. The van der Waals surface area contributed by atoms with Gasteiger partial charge in [-0.3, -0.25) is 10.1 Å². The molecule has 1 saturated carbocycles. The second kappa shape index (κ2) is 8.09. The first kappa shape index (κ1) is 20.0. The van der Waals surface area contributed by atoms with Crippen molar-refractivity contribution in [3.05, 3.63) is 28.3 Å². The van der Waals surface area contributed by atoms with Gasteiger partial charge in [0.2, 0.25) is 10.0 Å². The third-order valence-corrected chi connectivity index (χ3v) is 7.11. The van der Waals surface area contributed by atoms with Crippen LogP contribution in [0.1, 0.15) is 12.8 Å². The number of likely N-dealkylation sites (N-methyl/N-ethyl adjacent to an activating group) is 2. The van der Waals surface area contributed by atoms with Crippen molar-refractivity contribution in [3.8, 4) is 0 Å². The molecule has 1 aromatic rings. The summed E-state index contributed by atoms with van der Waals surface area (Å²) in [7, 11) is 0.253. The van der Waals surface area contributed by atoms with Crippen molar-refractivity contribution in [2.24, 2.45) is 0 Å². The molecule has 0 amide bonds. The average molecular weight is 398 g/mol. The highest BCUT2D eigenvalue weighted by molar-refractivity contribution is 7.89. The van der Waals surface area contributed by atoms with Gasteiger partial charge in [-0.05, 0) is 39.1 Å². The Morgan fingerprint density at radius 1 is 1.26 bits per heavy atom. The van der Waals surface area contributed by atoms with Crippen LogP contribution in [0.4, 0.5) is 11.4 Å². The molecule has 1 N–H and O–H groups in total. The first-order chi connectivity index (χ1) is 12.8. The Bertz CT molecular complexity index is 789. The number of rotatable bonds is 8. The van der Waals surface area contributed by atoms with Gasteiger partial charge in [-0.2, -0.15) is 4.31 Å². The van der Waals surface area contributed by atoms with Gasteiger partial charge in [0.15, 0.2) is 0 Å². The van der Waals surface area contributed by atoms with Crippen molar-refractivity contribution in [2.45, 2.75) is 23.8 Å². The topological polar surface area (TPSA) is 99.0 Å². The third kappa shape index (κ3) is 4.75. The largest absolute Gasteiger partial charge is 0.378 e. The van der Waals surface area contributed by atoms with Gasteiger partial charge in [-0.25, -0.2) is 8.42 Å². The molecule has 0 bridgehead atoms. The quantitative estimate of drug-likeness (QED) is 0.517. The summed E-state index contributed by atoms with van der Waals surface area (Å²) in [6.45, 7) is 3.42. The summed E-state index contributed by atoms with van der Waals surface area (Å²) in [6, 6.07) is 4.74. The molecule has 27 heavy (non-hydrogen) atoms. The van der Waals surface area contributed by atoms with Gasteiger partial charge in [0.1, 0.15) is 5.69 Å². The maximum Gasteiger partial charge on any atom is 0.293 e. The molecule has 1 heterocycles. The molecule has 10 heteroatoms. The van der Waals surface area contributed by atoms with Crippen LogP contribution in [0, 0.1) is 10.1 Å². The van der Waals surface area contributed by atoms with Crippen LogP contribution in [0.15, 0.2) is 23.1 Å². The van der Waals surface area contributed by atoms with Gasteiger partial charge in [0.05, 0.1) is 9.82 Å². The van der Waals surface area contributed by atoms with E-state index in [4.69, 9.17) is 0 Å². The van der Waals surface area contributed by atoms with E-state index >= 15 is 0 Å². The Morgan fingerprint density at radius 2 is 1.93 bits per heavy atom. The number of hydrogen-bond donors (Lipinski definition) is 1. The maximum atomic E-state index is 12.8. The Labute approximate surface area is 160 Å². The number of nitro groups is 1. The van der Waals surface area contributed by atoms with Gasteiger partial charge >= 0.3 is 0 Å². The summed E-state index contributed by atoms with van der Waals surface area (Å²) in [5.41, 5.74) is 0.140. The summed E-state index contributed by atoms with van der Waals surface area (Å²) >= 11 is 0. The van der Waals surface area contributed by atoms with Crippen LogP contribution in [0.5, 0.6) is 0 Å². The normalized spacial score (nSPS) is 19.4. The lowest BCUT2D eigenvalue weighted by Crippen LogP contribution is -2.47. The number of sulfonamides is 1. The highest BCUT2D eigenvalue weighted by Gasteiger charge is 2.30. The molecule has 1 saturated heterocycles. The molecule has 0 unspecified atom stereocenters. The minimum Gasteiger partial charge on any atom is -0.378 e. The number of anilines is 1. The first-order valence-corrected chi connectivity index (χ1v) is 10.6. The van der Waals surface area contributed by atoms with Crippen LogP contribution >= 0.6 is 0 Å². The number of nitro benzene ring substituents is 1. The van der Waals surface area contributed by atoms with Gasteiger partial charge in [-0.15, -0.1) is 0 Å². The third-order valence-electron chi connectivity index (χ3n) is 5.22. The predicted molar refractivity (Wildman–Crippen MR) is 103 cm³/mol. The second-order valence-corrected chi connectivity index (χ2v) is 9.22. The Hall–Kier alpha value is -1.75. The van der Waals surface area contributed by atoms with E-state index in [1.807, 2.05) is 14.1 Å². The molecule has 9 nitrogen and oxygen atoms in total. The lowest BCUT2D eigenvalue weighted by atomic mass is 10.2. The van der Waals surface area contributed by atoms with Crippen molar-refractivity contribution in [1.82, 2.24) is 14.1 Å². The zero-order valence-electron chi connectivity index (χ0n) is 15.8. The highest BCUT2D eigenvalue weighted by Crippen LogP contribution is 2.29. The van der Waals surface area contributed by atoms with E-state index < -0.39 is 14.9 Å². The zero-order valence-corrected chi connectivity index (χ0v) is 16.6. The van der Waals surface area contributed by atoms with Crippen LogP contribution in [-0.2, 0) is 10.0 Å². The molecule has 2 fully saturated rings. The standard InChI is InChI=1S/C17H27N5O4S/c1-19-9-11-21(12-10-19)27(25,26)15-5-6-16(17(13-15)22(23)24)18-7-8-20(2)14-3-4-14/h5-6,13-14,18H,3-4,7-12H2,1-2H3. The van der Waals surface area contributed by atoms with E-state index in [2.05, 4.69) is 15.1 Å². The minimum absolute atomic E-state index is 0.0283. The van der Waals surface area contributed by atoms with Crippen molar-refractivity contribution in [1.29, 1.82) is 0 Å². The van der Waals surface area contributed by atoms with Crippen molar-refractivity contribution >= 4 is 21.4 Å². The Balaban J connectivity index is 1.73. The fourth-order valence-corrected chi connectivity index (χ4v) is 4.66. The number of nitrogens with zero attached hydrogens (tertiary/aromatic N) is 4. The van der Waals surface area contributed by atoms with Gasteiger partial charge < -0.3 is 15.1 Å². The number of piperazine rings is 1. The number of benzene rings is 1. The fraction of sp³-hybridized carbons (Fsp3) is 0.647. The molecule has 0 radical (unpaired) electrons. The van der Waals surface area contributed by atoms with Gasteiger partial charge in [0.25, 0.3) is 5.69 Å². The molecule has 3 rings (SSSR count). The molecule has 1 aromatic carbocycles. The smallest absolute Gasteiger partial charge is 0.293 e. The predicted octanol–water partition coefficient (Wildman–Crippen LogP) is 1.04. The average Bonchev–Trinajstić information content (AvgIpc) is 3.47. The Morgan fingerprint density at radius 3 is 2.52 bits per heavy atom. The van der Waals surface area contributed by atoms with E-state index in [1.165, 1.54) is 35.3 Å². The molecule has 150 valence electrons. The van der Waals surface area contributed by atoms with Crippen molar-refractivity contribution < 1.29 is 13.3 Å². The van der Waals surface area contributed by atoms with Gasteiger partial charge in [-0.1, -0.05) is 0 Å². The summed E-state index contributed by atoms with van der Waals surface area (Å²) in [4.78, 5) is 15.2. The molecule has 1 aliphatic carbocycles. The minimum atomic E-state index is -3.73. The van der Waals surface area contributed by atoms with E-state index in [0.29, 0.717) is 44.5 Å². The number of nitrogens with one attached hydrogen (secondary N) is 1. The molecule has 0 spiro atoms. The number of hydrogen-bond acceptors (Lipinski definition) is 7. The van der Waals surface area contributed by atoms with Crippen LogP contribution < -0.4 is 5.32 Å². The van der Waals surface area contributed by atoms with Crippen LogP contribution in [0.3, 0.4) is 0 Å². The fourth-order valence-electron chi connectivity index (χ4n) is 3.21. The Kier molecular flexibility index (Phi) is 5.99. The molecule has 0 atom stereocenters. The van der Waals surface area contributed by atoms with Crippen LogP contribution in [0.25, 0.3) is 0 Å². The molecular weight excluding hydrogens is 370 g/mol. The van der Waals surface area contributed by atoms with E-state index in [-0.39, 0.29) is 10.6 Å². The summed E-state index contributed by atoms with van der Waals surface area (Å²) in [5, 5.41) is 14.5. The van der Waals surface area contributed by atoms with E-state index in [9.17, 15) is 18.5 Å². The monoisotopic (exact) mass is 397 g/mol. The van der Waals surface area contributed by atoms with Crippen molar-refractivity contribution in [3.63, 3.8) is 0 Å². The molecule has 1 aliphatic heterocycles. The summed E-state index contributed by atoms with van der Waals surface area (Å²) < 4.78 is 27.0. The molecular formula is C17H27N5O4S. The maximum absolute atomic E-state index is 12.8. The van der Waals surface area contributed by atoms with Crippen LogP contribution in [-0.4, -0.2) is 86.9 Å². The zero-order chi connectivity index (χ0) is 19.6. The van der Waals surface area contributed by atoms with E-state index in [1.54, 1.807) is 0 Å². The summed E-state index contributed by atoms with van der Waals surface area (Å²) in [5.74, 6) is 0. The first-order valence-electron chi connectivity index (χ1n) is 9.20. The highest BCUT2D eigenvalue weighted by atomic mass is 32.2. The lowest BCUT2D eigenvalue weighted by Gasteiger charge is -2.31. The lowest BCUT2D eigenvalue weighted by molar-refractivity contribution is -0.384. The van der Waals surface area contributed by atoms with Gasteiger partial charge in [0, 0.05) is 51.4 Å². The SMILES string of the molecule is CN1CCN(S(=O)(=O)c2ccc(NCCN(C)C3CC3)c([N+](=O)[O-])c2)CC1. The molecule has 2 aliphatic rings. The second-order valence-electron chi connectivity index (χ2n) is 7.28. The summed E-state index contributed by atoms with van der Waals surface area (Å²) in [6.07, 6.45) is 2.41.